The Morgan fingerprint density at radius 2 is 2.12 bits per heavy atom. The van der Waals surface area contributed by atoms with Crippen molar-refractivity contribution in [1.29, 1.82) is 0 Å². The molecule has 0 spiro atoms. The van der Waals surface area contributed by atoms with Crippen LogP contribution in [0.1, 0.15) is 12.0 Å². The van der Waals surface area contributed by atoms with Gasteiger partial charge in [0, 0.05) is 27.7 Å². The average molecular weight is 279 g/mol. The molecule has 1 aliphatic heterocycles. The number of hydrogen-bond acceptors (Lipinski definition) is 3. The number of carboxylic acid groups (broad SMARTS) is 1. The van der Waals surface area contributed by atoms with Crippen molar-refractivity contribution < 1.29 is 15.0 Å². The fourth-order valence-electron chi connectivity index (χ4n) is 1.67. The summed E-state index contributed by atoms with van der Waals surface area (Å²) in [5.41, 5.74) is -1.59. The van der Waals surface area contributed by atoms with E-state index in [1.807, 2.05) is 0 Å². The van der Waals surface area contributed by atoms with E-state index in [0.29, 0.717) is 20.7 Å². The number of aliphatic hydroxyl groups is 1. The van der Waals surface area contributed by atoms with Crippen LogP contribution in [-0.2, 0) is 10.4 Å². The zero-order chi connectivity index (χ0) is 11.9. The maximum atomic E-state index is 11.1. The molecule has 0 saturated carbocycles. The summed E-state index contributed by atoms with van der Waals surface area (Å²) in [4.78, 5) is 11.7. The first kappa shape index (κ1) is 12.0. The van der Waals surface area contributed by atoms with Crippen LogP contribution in [0.15, 0.2) is 17.0 Å². The topological polar surface area (TPSA) is 57.5 Å². The van der Waals surface area contributed by atoms with Crippen molar-refractivity contribution in [2.24, 2.45) is 0 Å². The summed E-state index contributed by atoms with van der Waals surface area (Å²) in [5, 5.41) is 19.9. The number of halogens is 2. The number of benzene rings is 1. The van der Waals surface area contributed by atoms with Crippen LogP contribution in [0.5, 0.6) is 0 Å². The lowest BCUT2D eigenvalue weighted by molar-refractivity contribution is -0.160. The minimum absolute atomic E-state index is 0.149. The molecule has 0 amide bonds. The lowest BCUT2D eigenvalue weighted by atomic mass is 9.90. The van der Waals surface area contributed by atoms with Gasteiger partial charge < -0.3 is 10.2 Å². The van der Waals surface area contributed by atoms with Crippen molar-refractivity contribution in [3.63, 3.8) is 0 Å². The second-order valence-corrected chi connectivity index (χ2v) is 5.48. The van der Waals surface area contributed by atoms with Gasteiger partial charge in [-0.1, -0.05) is 23.2 Å². The highest BCUT2D eigenvalue weighted by molar-refractivity contribution is 7.99. The Labute approximate surface area is 106 Å². The van der Waals surface area contributed by atoms with Crippen LogP contribution in [0.25, 0.3) is 0 Å². The molecule has 1 heterocycles. The molecule has 2 N–H and O–H groups in total. The summed E-state index contributed by atoms with van der Waals surface area (Å²) in [5.74, 6) is -0.760. The minimum atomic E-state index is -1.88. The van der Waals surface area contributed by atoms with Gasteiger partial charge in [-0.25, -0.2) is 4.79 Å². The third-order valence-electron chi connectivity index (χ3n) is 2.52. The van der Waals surface area contributed by atoms with Gasteiger partial charge in [-0.2, -0.15) is 0 Å². The molecule has 0 aliphatic carbocycles. The van der Waals surface area contributed by atoms with Gasteiger partial charge in [0.25, 0.3) is 0 Å². The van der Waals surface area contributed by atoms with Crippen molar-refractivity contribution in [3.8, 4) is 0 Å². The number of rotatable bonds is 1. The molecule has 0 aromatic heterocycles. The van der Waals surface area contributed by atoms with Crippen LogP contribution in [0, 0.1) is 0 Å². The summed E-state index contributed by atoms with van der Waals surface area (Å²) in [6, 6.07) is 3.01. The van der Waals surface area contributed by atoms with Crippen LogP contribution < -0.4 is 0 Å². The number of aliphatic carboxylic acids is 1. The van der Waals surface area contributed by atoms with Gasteiger partial charge in [0.15, 0.2) is 5.60 Å². The Hall–Kier alpha value is -0.420. The quantitative estimate of drug-likeness (QED) is 0.830. The molecule has 16 heavy (non-hydrogen) atoms. The molecule has 0 unspecified atom stereocenters. The predicted molar refractivity (Wildman–Crippen MR) is 63.3 cm³/mol. The predicted octanol–water partition coefficient (Wildman–Crippen LogP) is 2.76. The Morgan fingerprint density at radius 1 is 1.44 bits per heavy atom. The molecule has 1 atom stereocenters. The average Bonchev–Trinajstić information content (AvgIpc) is 2.19. The molecule has 1 aromatic carbocycles. The molecular weight excluding hydrogens is 271 g/mol. The lowest BCUT2D eigenvalue weighted by Gasteiger charge is -2.30. The van der Waals surface area contributed by atoms with Crippen LogP contribution in [0.4, 0.5) is 0 Å². The highest BCUT2D eigenvalue weighted by atomic mass is 35.5. The zero-order valence-corrected chi connectivity index (χ0v) is 10.4. The summed E-state index contributed by atoms with van der Waals surface area (Å²) in [7, 11) is 0. The smallest absolute Gasteiger partial charge is 0.340 e. The number of hydrogen-bond donors (Lipinski definition) is 2. The molecule has 3 nitrogen and oxygen atoms in total. The molecular formula is C10H8Cl2O3S. The summed E-state index contributed by atoms with van der Waals surface area (Å²) in [6.07, 6.45) is 0.149. The van der Waals surface area contributed by atoms with Crippen LogP contribution in [0.3, 0.4) is 0 Å². The van der Waals surface area contributed by atoms with Crippen molar-refractivity contribution in [2.45, 2.75) is 16.9 Å². The van der Waals surface area contributed by atoms with E-state index in [2.05, 4.69) is 0 Å². The SMILES string of the molecule is O=C(O)[C@@]1(O)CCSc2c(Cl)cc(Cl)cc21. The molecule has 2 rings (SSSR count). The monoisotopic (exact) mass is 278 g/mol. The second-order valence-electron chi connectivity index (χ2n) is 3.53. The first-order chi connectivity index (χ1) is 7.45. The standard InChI is InChI=1S/C10H8Cl2O3S/c11-5-3-6-8(7(12)4-5)16-2-1-10(6,15)9(13)14/h3-4,15H,1-2H2,(H,13,14)/t10-/m1/s1. The van der Waals surface area contributed by atoms with E-state index in [1.165, 1.54) is 17.8 Å². The van der Waals surface area contributed by atoms with Crippen molar-refractivity contribution in [3.05, 3.63) is 27.7 Å². The number of carboxylic acids is 1. The number of carbonyl (C=O) groups is 1. The van der Waals surface area contributed by atoms with Gasteiger partial charge in [0.2, 0.25) is 0 Å². The number of thioether (sulfide) groups is 1. The Balaban J connectivity index is 2.67. The zero-order valence-electron chi connectivity index (χ0n) is 8.04. The van der Waals surface area contributed by atoms with Crippen molar-refractivity contribution in [2.75, 3.05) is 5.75 Å². The highest BCUT2D eigenvalue weighted by Gasteiger charge is 2.43. The molecule has 0 fully saturated rings. The molecule has 0 bridgehead atoms. The molecule has 86 valence electrons. The maximum Gasteiger partial charge on any atom is 0.340 e. The van der Waals surface area contributed by atoms with Crippen LogP contribution >= 0.6 is 35.0 Å². The maximum absolute atomic E-state index is 11.1. The fraction of sp³-hybridized carbons (Fsp3) is 0.300. The normalized spacial score (nSPS) is 23.9. The van der Waals surface area contributed by atoms with Crippen LogP contribution in [-0.4, -0.2) is 21.9 Å². The van der Waals surface area contributed by atoms with E-state index in [1.54, 1.807) is 6.07 Å². The van der Waals surface area contributed by atoms with Crippen LogP contribution in [0.2, 0.25) is 10.0 Å². The van der Waals surface area contributed by atoms with E-state index in [4.69, 9.17) is 28.3 Å². The van der Waals surface area contributed by atoms with E-state index in [9.17, 15) is 9.90 Å². The molecule has 0 saturated heterocycles. The summed E-state index contributed by atoms with van der Waals surface area (Å²) >= 11 is 13.2. The highest BCUT2D eigenvalue weighted by Crippen LogP contribution is 2.45. The third kappa shape index (κ3) is 1.80. The van der Waals surface area contributed by atoms with Crippen molar-refractivity contribution >= 4 is 40.9 Å². The van der Waals surface area contributed by atoms with Crippen molar-refractivity contribution in [1.82, 2.24) is 0 Å². The van der Waals surface area contributed by atoms with Gasteiger partial charge in [-0.3, -0.25) is 0 Å². The lowest BCUT2D eigenvalue weighted by Crippen LogP contribution is -2.38. The minimum Gasteiger partial charge on any atom is -0.479 e. The van der Waals surface area contributed by atoms with Gasteiger partial charge in [-0.05, 0) is 12.1 Å². The van der Waals surface area contributed by atoms with Gasteiger partial charge >= 0.3 is 5.97 Å². The number of fused-ring (bicyclic) bond motifs is 1. The van der Waals surface area contributed by atoms with Gasteiger partial charge in [0.05, 0.1) is 5.02 Å². The van der Waals surface area contributed by atoms with Gasteiger partial charge in [-0.15, -0.1) is 11.8 Å². The Bertz CT molecular complexity index is 464. The molecule has 1 aliphatic rings. The van der Waals surface area contributed by atoms with E-state index < -0.39 is 11.6 Å². The Morgan fingerprint density at radius 3 is 2.75 bits per heavy atom. The third-order valence-corrected chi connectivity index (χ3v) is 4.28. The summed E-state index contributed by atoms with van der Waals surface area (Å²) in [6.45, 7) is 0. The fourth-order valence-corrected chi connectivity index (χ4v) is 3.51. The first-order valence-electron chi connectivity index (χ1n) is 4.53. The Kier molecular flexibility index (Phi) is 3.09. The summed E-state index contributed by atoms with van der Waals surface area (Å²) < 4.78 is 0. The van der Waals surface area contributed by atoms with E-state index in [0.717, 1.165) is 0 Å². The largest absolute Gasteiger partial charge is 0.479 e. The molecule has 1 aromatic rings. The second kappa shape index (κ2) is 4.11. The van der Waals surface area contributed by atoms with E-state index in [-0.39, 0.29) is 12.0 Å². The van der Waals surface area contributed by atoms with Gasteiger partial charge in [0.1, 0.15) is 0 Å². The molecule has 6 heteroatoms. The molecule has 0 radical (unpaired) electrons. The van der Waals surface area contributed by atoms with E-state index >= 15 is 0 Å². The first-order valence-corrected chi connectivity index (χ1v) is 6.27.